The summed E-state index contributed by atoms with van der Waals surface area (Å²) in [6.07, 6.45) is 0. The monoisotopic (exact) mass is 218 g/mol. The van der Waals surface area contributed by atoms with E-state index in [4.69, 9.17) is 9.84 Å². The molecule has 0 bridgehead atoms. The van der Waals surface area contributed by atoms with Crippen LogP contribution in [0, 0.1) is 0 Å². The molecule has 2 N–H and O–H groups in total. The van der Waals surface area contributed by atoms with Gasteiger partial charge in [-0.1, -0.05) is 0 Å². The van der Waals surface area contributed by atoms with Gasteiger partial charge in [0.2, 0.25) is 0 Å². The van der Waals surface area contributed by atoms with Crippen LogP contribution in [-0.2, 0) is 9.53 Å². The molecule has 0 heterocycles. The molecule has 0 saturated carbocycles. The summed E-state index contributed by atoms with van der Waals surface area (Å²) >= 11 is 0. The van der Waals surface area contributed by atoms with E-state index in [1.165, 1.54) is 4.90 Å². The highest BCUT2D eigenvalue weighted by Crippen LogP contribution is 1.98. The minimum absolute atomic E-state index is 0.00828. The molecule has 88 valence electrons. The van der Waals surface area contributed by atoms with Crippen molar-refractivity contribution >= 4 is 12.0 Å². The molecule has 0 aromatic heterocycles. The molecule has 0 rings (SSSR count). The summed E-state index contributed by atoms with van der Waals surface area (Å²) in [6.45, 7) is 4.22. The van der Waals surface area contributed by atoms with Crippen LogP contribution in [-0.4, -0.2) is 54.9 Å². The minimum Gasteiger partial charge on any atom is -0.480 e. The third-order valence-electron chi connectivity index (χ3n) is 1.81. The first-order chi connectivity index (χ1) is 6.99. The molecular weight excluding hydrogens is 200 g/mol. The van der Waals surface area contributed by atoms with Crippen molar-refractivity contribution in [2.45, 2.75) is 19.9 Å². The van der Waals surface area contributed by atoms with Gasteiger partial charge in [-0.25, -0.2) is 4.79 Å². The molecular formula is C9H18N2O4. The van der Waals surface area contributed by atoms with E-state index in [1.807, 2.05) is 13.8 Å². The maximum atomic E-state index is 11.5. The molecule has 0 aromatic carbocycles. The second-order valence-electron chi connectivity index (χ2n) is 3.33. The number of nitrogens with zero attached hydrogens (tertiary/aromatic N) is 1. The number of carboxylic acids is 1. The van der Waals surface area contributed by atoms with E-state index in [-0.39, 0.29) is 18.6 Å². The lowest BCUT2D eigenvalue weighted by atomic mass is 10.3. The van der Waals surface area contributed by atoms with Crippen molar-refractivity contribution in [3.8, 4) is 0 Å². The molecule has 0 aliphatic heterocycles. The zero-order valence-electron chi connectivity index (χ0n) is 9.32. The van der Waals surface area contributed by atoms with E-state index in [0.29, 0.717) is 13.2 Å². The number of carbonyl (C=O) groups excluding carboxylic acids is 1. The van der Waals surface area contributed by atoms with Crippen molar-refractivity contribution in [3.05, 3.63) is 0 Å². The van der Waals surface area contributed by atoms with Gasteiger partial charge < -0.3 is 20.1 Å². The molecule has 0 atom stereocenters. The number of nitrogens with one attached hydrogen (secondary N) is 1. The molecule has 0 aliphatic carbocycles. The van der Waals surface area contributed by atoms with Crippen LogP contribution in [0.15, 0.2) is 0 Å². The standard InChI is InChI=1S/C9H18N2O4/c1-7(2)11(4-5-15-3)9(14)10-6-8(12)13/h7H,4-6H2,1-3H3,(H,10,14)(H,12,13). The van der Waals surface area contributed by atoms with Gasteiger partial charge in [0.25, 0.3) is 0 Å². The van der Waals surface area contributed by atoms with Gasteiger partial charge in [-0.05, 0) is 13.8 Å². The highest BCUT2D eigenvalue weighted by molar-refractivity contribution is 5.80. The van der Waals surface area contributed by atoms with Crippen LogP contribution in [0.3, 0.4) is 0 Å². The molecule has 0 radical (unpaired) electrons. The van der Waals surface area contributed by atoms with Gasteiger partial charge in [0.15, 0.2) is 0 Å². The number of amides is 2. The summed E-state index contributed by atoms with van der Waals surface area (Å²) in [5.74, 6) is -1.06. The number of carboxylic acid groups (broad SMARTS) is 1. The number of rotatable bonds is 6. The number of urea groups is 1. The second-order valence-corrected chi connectivity index (χ2v) is 3.33. The smallest absolute Gasteiger partial charge is 0.323 e. The molecule has 0 saturated heterocycles. The predicted molar refractivity (Wildman–Crippen MR) is 54.8 cm³/mol. The fourth-order valence-electron chi connectivity index (χ4n) is 1.04. The Morgan fingerprint density at radius 2 is 2.07 bits per heavy atom. The molecule has 6 nitrogen and oxygen atoms in total. The number of hydrogen-bond donors (Lipinski definition) is 2. The number of aliphatic carboxylic acids is 1. The Balaban J connectivity index is 4.10. The first kappa shape index (κ1) is 13.7. The number of carbonyl (C=O) groups is 2. The average molecular weight is 218 g/mol. The van der Waals surface area contributed by atoms with Crippen LogP contribution in [0.25, 0.3) is 0 Å². The van der Waals surface area contributed by atoms with Crippen LogP contribution < -0.4 is 5.32 Å². The summed E-state index contributed by atoms with van der Waals surface area (Å²) in [5.41, 5.74) is 0. The van der Waals surface area contributed by atoms with E-state index in [9.17, 15) is 9.59 Å². The molecule has 0 fully saturated rings. The van der Waals surface area contributed by atoms with Crippen molar-refractivity contribution in [1.29, 1.82) is 0 Å². The zero-order valence-corrected chi connectivity index (χ0v) is 9.32. The number of methoxy groups -OCH3 is 1. The average Bonchev–Trinajstić information content (AvgIpc) is 2.14. The Labute approximate surface area is 89.2 Å². The maximum absolute atomic E-state index is 11.5. The van der Waals surface area contributed by atoms with Gasteiger partial charge in [0.1, 0.15) is 6.54 Å². The fraction of sp³-hybridized carbons (Fsp3) is 0.778. The van der Waals surface area contributed by atoms with Crippen molar-refractivity contribution < 1.29 is 19.4 Å². The Hall–Kier alpha value is -1.30. The van der Waals surface area contributed by atoms with E-state index >= 15 is 0 Å². The molecule has 0 aliphatic rings. The van der Waals surface area contributed by atoms with Gasteiger partial charge >= 0.3 is 12.0 Å². The third-order valence-corrected chi connectivity index (χ3v) is 1.81. The van der Waals surface area contributed by atoms with Gasteiger partial charge in [0.05, 0.1) is 6.61 Å². The SMILES string of the molecule is COCCN(C(=O)NCC(=O)O)C(C)C. The van der Waals surface area contributed by atoms with Crippen molar-refractivity contribution in [1.82, 2.24) is 10.2 Å². The Kier molecular flexibility index (Phi) is 6.44. The van der Waals surface area contributed by atoms with E-state index < -0.39 is 5.97 Å². The van der Waals surface area contributed by atoms with Crippen molar-refractivity contribution in [2.75, 3.05) is 26.8 Å². The lowest BCUT2D eigenvalue weighted by Gasteiger charge is -2.26. The third kappa shape index (κ3) is 5.90. The van der Waals surface area contributed by atoms with Crippen LogP contribution in [0.2, 0.25) is 0 Å². The fourth-order valence-corrected chi connectivity index (χ4v) is 1.04. The molecule has 15 heavy (non-hydrogen) atoms. The molecule has 0 unspecified atom stereocenters. The Bertz CT molecular complexity index is 218. The summed E-state index contributed by atoms with van der Waals surface area (Å²) in [7, 11) is 1.55. The molecule has 0 spiro atoms. The predicted octanol–water partition coefficient (Wildman–Crippen LogP) is 0.137. The maximum Gasteiger partial charge on any atom is 0.323 e. The van der Waals surface area contributed by atoms with Crippen LogP contribution in [0.1, 0.15) is 13.8 Å². The van der Waals surface area contributed by atoms with Crippen LogP contribution >= 0.6 is 0 Å². The summed E-state index contributed by atoms with van der Waals surface area (Å²) in [4.78, 5) is 23.3. The molecule has 0 aromatic rings. The summed E-state index contributed by atoms with van der Waals surface area (Å²) in [5, 5.41) is 10.7. The van der Waals surface area contributed by atoms with E-state index in [2.05, 4.69) is 5.32 Å². The summed E-state index contributed by atoms with van der Waals surface area (Å²) < 4.78 is 4.86. The first-order valence-electron chi connectivity index (χ1n) is 4.74. The molecule has 2 amide bonds. The summed E-state index contributed by atoms with van der Waals surface area (Å²) in [6, 6.07) is -0.376. The van der Waals surface area contributed by atoms with Gasteiger partial charge in [-0.3, -0.25) is 4.79 Å². The van der Waals surface area contributed by atoms with E-state index in [1.54, 1.807) is 7.11 Å². The number of hydrogen-bond acceptors (Lipinski definition) is 3. The quantitative estimate of drug-likeness (QED) is 0.664. The highest BCUT2D eigenvalue weighted by atomic mass is 16.5. The topological polar surface area (TPSA) is 78.9 Å². The molecule has 6 heteroatoms. The zero-order chi connectivity index (χ0) is 11.8. The van der Waals surface area contributed by atoms with Gasteiger partial charge in [0, 0.05) is 19.7 Å². The van der Waals surface area contributed by atoms with Crippen molar-refractivity contribution in [3.63, 3.8) is 0 Å². The van der Waals surface area contributed by atoms with E-state index in [0.717, 1.165) is 0 Å². The van der Waals surface area contributed by atoms with Crippen molar-refractivity contribution in [2.24, 2.45) is 0 Å². The van der Waals surface area contributed by atoms with Crippen LogP contribution in [0.5, 0.6) is 0 Å². The lowest BCUT2D eigenvalue weighted by molar-refractivity contribution is -0.135. The lowest BCUT2D eigenvalue weighted by Crippen LogP contribution is -2.46. The van der Waals surface area contributed by atoms with Gasteiger partial charge in [-0.2, -0.15) is 0 Å². The Morgan fingerprint density at radius 3 is 2.47 bits per heavy atom. The first-order valence-corrected chi connectivity index (χ1v) is 4.74. The van der Waals surface area contributed by atoms with Gasteiger partial charge in [-0.15, -0.1) is 0 Å². The highest BCUT2D eigenvalue weighted by Gasteiger charge is 2.16. The Morgan fingerprint density at radius 1 is 1.47 bits per heavy atom. The second kappa shape index (κ2) is 7.05. The number of ether oxygens (including phenoxy) is 1. The largest absolute Gasteiger partial charge is 0.480 e. The minimum atomic E-state index is -1.06. The van der Waals surface area contributed by atoms with Crippen LogP contribution in [0.4, 0.5) is 4.79 Å². The normalized spacial score (nSPS) is 10.1.